The van der Waals surface area contributed by atoms with Crippen LogP contribution in [-0.4, -0.2) is 10.9 Å². The maximum Gasteiger partial charge on any atom is 0.171 e. The summed E-state index contributed by atoms with van der Waals surface area (Å²) in [7, 11) is 0. The number of allylic oxidation sites excluding steroid dienone is 2. The Labute approximate surface area is 160 Å². The highest BCUT2D eigenvalue weighted by atomic mass is 19.1. The molecule has 5 rings (SSSR count). The Morgan fingerprint density at radius 3 is 2.79 bits per heavy atom. The average Bonchev–Trinajstić information content (AvgIpc) is 3.24. The summed E-state index contributed by atoms with van der Waals surface area (Å²) in [6.07, 6.45) is 2.01. The molecule has 2 aromatic carbocycles. The van der Waals surface area contributed by atoms with Crippen LogP contribution in [0.1, 0.15) is 42.1 Å². The summed E-state index contributed by atoms with van der Waals surface area (Å²) in [4.78, 5) is 12.7. The van der Waals surface area contributed by atoms with Crippen molar-refractivity contribution in [3.63, 3.8) is 0 Å². The van der Waals surface area contributed by atoms with Crippen molar-refractivity contribution < 1.29 is 18.4 Å². The van der Waals surface area contributed by atoms with E-state index in [2.05, 4.69) is 5.16 Å². The van der Waals surface area contributed by atoms with E-state index in [-0.39, 0.29) is 17.4 Å². The van der Waals surface area contributed by atoms with Crippen LogP contribution in [0, 0.1) is 5.82 Å². The van der Waals surface area contributed by atoms with Crippen LogP contribution in [-0.2, 0) is 4.79 Å². The number of nitrogens with zero attached hydrogens (tertiary/aromatic N) is 1. The normalized spacial score (nSPS) is 18.2. The van der Waals surface area contributed by atoms with Crippen molar-refractivity contribution in [2.24, 2.45) is 0 Å². The zero-order chi connectivity index (χ0) is 19.3. The van der Waals surface area contributed by atoms with E-state index in [1.807, 2.05) is 18.2 Å². The quantitative estimate of drug-likeness (QED) is 0.708. The second-order valence-corrected chi connectivity index (χ2v) is 7.02. The van der Waals surface area contributed by atoms with Crippen molar-refractivity contribution in [3.05, 3.63) is 76.8 Å². The van der Waals surface area contributed by atoms with Crippen LogP contribution in [0.15, 0.2) is 58.6 Å². The number of para-hydroxylation sites is 1. The van der Waals surface area contributed by atoms with Crippen LogP contribution in [0.4, 0.5) is 10.2 Å². The van der Waals surface area contributed by atoms with Gasteiger partial charge in [-0.1, -0.05) is 29.4 Å². The fourth-order valence-corrected chi connectivity index (χ4v) is 4.11. The van der Waals surface area contributed by atoms with E-state index in [0.29, 0.717) is 29.1 Å². The summed E-state index contributed by atoms with van der Waals surface area (Å²) in [5, 5.41) is 3.89. The number of aromatic nitrogens is 1. The van der Waals surface area contributed by atoms with Gasteiger partial charge in [-0.25, -0.2) is 4.39 Å². The van der Waals surface area contributed by atoms with Crippen LogP contribution in [0.2, 0.25) is 0 Å². The highest BCUT2D eigenvalue weighted by Crippen LogP contribution is 2.52. The summed E-state index contributed by atoms with van der Waals surface area (Å²) in [6, 6.07) is 13.6. The van der Waals surface area contributed by atoms with Gasteiger partial charge >= 0.3 is 0 Å². The molecule has 1 atom stereocenters. The first kappa shape index (κ1) is 16.7. The van der Waals surface area contributed by atoms with Gasteiger partial charge in [-0.2, -0.15) is 0 Å². The largest absolute Gasteiger partial charge is 0.454 e. The molecule has 5 nitrogen and oxygen atoms in total. The molecule has 1 unspecified atom stereocenters. The minimum atomic E-state index is -0.478. The lowest BCUT2D eigenvalue weighted by molar-refractivity contribution is -0.116. The van der Waals surface area contributed by atoms with Crippen LogP contribution in [0.5, 0.6) is 11.5 Å². The summed E-state index contributed by atoms with van der Waals surface area (Å²) < 4.78 is 25.6. The van der Waals surface area contributed by atoms with Crippen molar-refractivity contribution >= 4 is 17.2 Å². The molecule has 0 radical (unpaired) electrons. The lowest BCUT2D eigenvalue weighted by Crippen LogP contribution is -2.14. The number of fused-ring (bicyclic) bond motifs is 2. The first-order valence-corrected chi connectivity index (χ1v) is 9.17. The lowest BCUT2D eigenvalue weighted by atomic mass is 9.83. The van der Waals surface area contributed by atoms with Gasteiger partial charge in [0, 0.05) is 23.5 Å². The van der Waals surface area contributed by atoms with E-state index in [0.717, 1.165) is 24.0 Å². The zero-order valence-corrected chi connectivity index (χ0v) is 14.9. The Morgan fingerprint density at radius 1 is 1.14 bits per heavy atom. The molecule has 0 saturated heterocycles. The first-order valence-electron chi connectivity index (χ1n) is 9.17. The Morgan fingerprint density at radius 2 is 1.96 bits per heavy atom. The lowest BCUT2D eigenvalue weighted by Gasteiger charge is -2.20. The number of halogens is 1. The van der Waals surface area contributed by atoms with Crippen molar-refractivity contribution in [2.75, 3.05) is 5.73 Å². The number of nitrogen functional groups attached to an aromatic ring is 1. The fraction of sp³-hybridized carbons (Fsp3) is 0.182. The van der Waals surface area contributed by atoms with Crippen molar-refractivity contribution in [1.29, 1.82) is 0 Å². The first-order chi connectivity index (χ1) is 13.6. The summed E-state index contributed by atoms with van der Waals surface area (Å²) in [5.41, 5.74) is 9.04. The molecule has 140 valence electrons. The molecular formula is C22H17FN2O3. The van der Waals surface area contributed by atoms with Crippen molar-refractivity contribution in [2.45, 2.75) is 25.2 Å². The Bertz CT molecular complexity index is 1120. The highest BCUT2D eigenvalue weighted by Gasteiger charge is 2.42. The topological polar surface area (TPSA) is 78.3 Å². The van der Waals surface area contributed by atoms with Gasteiger partial charge in [0.2, 0.25) is 0 Å². The molecule has 3 aromatic rings. The number of carbonyl (C=O) groups excluding carboxylic acids is 1. The van der Waals surface area contributed by atoms with Crippen LogP contribution in [0.25, 0.3) is 5.57 Å². The van der Waals surface area contributed by atoms with Gasteiger partial charge in [0.1, 0.15) is 5.75 Å². The number of nitrogens with two attached hydrogens (primary N) is 1. The summed E-state index contributed by atoms with van der Waals surface area (Å²) >= 11 is 0. The molecule has 1 aromatic heterocycles. The Kier molecular flexibility index (Phi) is 3.79. The maximum absolute atomic E-state index is 14.4. The van der Waals surface area contributed by atoms with Gasteiger partial charge in [-0.3, -0.25) is 4.79 Å². The predicted octanol–water partition coefficient (Wildman–Crippen LogP) is 4.84. The number of carbonyl (C=O) groups is 1. The fourth-order valence-electron chi connectivity index (χ4n) is 4.11. The van der Waals surface area contributed by atoms with E-state index >= 15 is 0 Å². The molecule has 2 N–H and O–H groups in total. The molecule has 6 heteroatoms. The number of benzene rings is 2. The third kappa shape index (κ3) is 2.52. The standard InChI is InChI=1S/C22H17FN2O3/c23-15-10-9-12(11-17(15)27-13-5-2-1-3-6-13)18-19-14(7-4-8-16(19)26)21-20(18)22(24)25-28-21/h1-3,5-6,9-11,18H,4,7-8H2,(H2,24,25). The van der Waals surface area contributed by atoms with Gasteiger partial charge < -0.3 is 15.0 Å². The second kappa shape index (κ2) is 6.34. The van der Waals surface area contributed by atoms with Gasteiger partial charge in [-0.05, 0) is 42.7 Å². The molecule has 0 amide bonds. The molecule has 28 heavy (non-hydrogen) atoms. The Balaban J connectivity index is 1.62. The molecule has 0 saturated carbocycles. The summed E-state index contributed by atoms with van der Waals surface area (Å²) in [6.45, 7) is 0. The number of rotatable bonds is 3. The van der Waals surface area contributed by atoms with Crippen molar-refractivity contribution in [3.8, 4) is 11.5 Å². The molecule has 0 bridgehead atoms. The number of anilines is 1. The third-order valence-corrected chi connectivity index (χ3v) is 5.32. The number of hydrogen-bond donors (Lipinski definition) is 1. The smallest absolute Gasteiger partial charge is 0.171 e. The maximum atomic E-state index is 14.4. The van der Waals surface area contributed by atoms with E-state index in [4.69, 9.17) is 15.0 Å². The minimum Gasteiger partial charge on any atom is -0.454 e. The number of Topliss-reactive ketones (excluding diaryl/α,β-unsaturated/α-hetero) is 1. The molecular weight excluding hydrogens is 359 g/mol. The van der Waals surface area contributed by atoms with Gasteiger partial charge in [0.15, 0.2) is 28.9 Å². The SMILES string of the molecule is Nc1noc2c1C(c1ccc(F)c(Oc3ccccc3)c1)C1=C2CCCC1=O. The van der Waals surface area contributed by atoms with Gasteiger partial charge in [0.25, 0.3) is 0 Å². The molecule has 1 heterocycles. The molecule has 0 fully saturated rings. The number of hydrogen-bond acceptors (Lipinski definition) is 5. The third-order valence-electron chi connectivity index (χ3n) is 5.32. The zero-order valence-electron chi connectivity index (χ0n) is 14.9. The van der Waals surface area contributed by atoms with Crippen molar-refractivity contribution in [1.82, 2.24) is 5.16 Å². The van der Waals surface area contributed by atoms with Crippen LogP contribution >= 0.6 is 0 Å². The molecule has 0 spiro atoms. The minimum absolute atomic E-state index is 0.0758. The highest BCUT2D eigenvalue weighted by molar-refractivity contribution is 6.08. The van der Waals surface area contributed by atoms with E-state index in [1.165, 1.54) is 6.07 Å². The molecule has 0 aliphatic heterocycles. The predicted molar refractivity (Wildman–Crippen MR) is 101 cm³/mol. The Hall–Kier alpha value is -3.41. The van der Waals surface area contributed by atoms with E-state index < -0.39 is 11.7 Å². The van der Waals surface area contributed by atoms with Crippen LogP contribution in [0.3, 0.4) is 0 Å². The summed E-state index contributed by atoms with van der Waals surface area (Å²) in [5.74, 6) is 0.654. The van der Waals surface area contributed by atoms with E-state index in [1.54, 1.807) is 24.3 Å². The van der Waals surface area contributed by atoms with Gasteiger partial charge in [0.05, 0.1) is 5.56 Å². The monoisotopic (exact) mass is 376 g/mol. The number of ether oxygens (including phenoxy) is 1. The van der Waals surface area contributed by atoms with Gasteiger partial charge in [-0.15, -0.1) is 0 Å². The number of ketones is 1. The second-order valence-electron chi connectivity index (χ2n) is 7.02. The molecule has 2 aliphatic rings. The van der Waals surface area contributed by atoms with E-state index in [9.17, 15) is 9.18 Å². The van der Waals surface area contributed by atoms with Crippen LogP contribution < -0.4 is 10.5 Å². The molecule has 2 aliphatic carbocycles. The average molecular weight is 376 g/mol.